The lowest BCUT2D eigenvalue weighted by Gasteiger charge is -2.12. The van der Waals surface area contributed by atoms with Crippen LogP contribution in [0.4, 0.5) is 4.39 Å². The van der Waals surface area contributed by atoms with Gasteiger partial charge < -0.3 is 18.8 Å². The molecule has 0 atom stereocenters. The van der Waals surface area contributed by atoms with Crippen molar-refractivity contribution in [3.8, 4) is 11.6 Å². The minimum absolute atomic E-state index is 0.0769. The fourth-order valence-corrected chi connectivity index (χ4v) is 4.76. The number of fused-ring (bicyclic) bond motifs is 1. The summed E-state index contributed by atoms with van der Waals surface area (Å²) in [5, 5.41) is 0.376. The monoisotopic (exact) mass is 490 g/mol. The number of furan rings is 1. The molecule has 2 heterocycles. The summed E-state index contributed by atoms with van der Waals surface area (Å²) in [5.74, 6) is 0.874. The van der Waals surface area contributed by atoms with Gasteiger partial charge in [-0.1, -0.05) is 37.6 Å². The molecule has 4 rings (SSSR count). The summed E-state index contributed by atoms with van der Waals surface area (Å²) in [6, 6.07) is 13.0. The molecule has 0 spiro atoms. The molecule has 0 fully saturated rings. The second kappa shape index (κ2) is 9.43. The third-order valence-corrected chi connectivity index (χ3v) is 6.54. The minimum atomic E-state index is -4.62. The van der Waals surface area contributed by atoms with Crippen LogP contribution in [-0.4, -0.2) is 19.3 Å². The van der Waals surface area contributed by atoms with Crippen molar-refractivity contribution in [2.45, 2.75) is 39.7 Å². The highest BCUT2D eigenvalue weighted by Gasteiger charge is 2.30. The standard InChI is InChI=1S/C24H25ClFN2O4P/c1-15(2)14-28-21-12-17(25)8-11-20(21)27-24(28)23-22(33(29,30)31)13-19(32-23)5-3-4-16-6-9-18(26)10-7-16/h6-13,15H,3-5,14H2,1-2H3,(H2,29,30,31). The zero-order valence-corrected chi connectivity index (χ0v) is 20.0. The highest BCUT2D eigenvalue weighted by Crippen LogP contribution is 2.40. The second-order valence-electron chi connectivity index (χ2n) is 8.52. The van der Waals surface area contributed by atoms with Crippen molar-refractivity contribution in [1.29, 1.82) is 0 Å². The molecule has 174 valence electrons. The molecule has 4 aromatic rings. The third-order valence-electron chi connectivity index (χ3n) is 5.34. The SMILES string of the molecule is CC(C)Cn1c(-c2oc(CCCc3ccc(F)cc3)cc2P(=O)(O)O)nc2ccc(Cl)cc21. The largest absolute Gasteiger partial charge is 0.457 e. The first kappa shape index (κ1) is 23.7. The van der Waals surface area contributed by atoms with Crippen molar-refractivity contribution in [3.05, 3.63) is 70.7 Å². The maximum absolute atomic E-state index is 13.1. The van der Waals surface area contributed by atoms with Crippen molar-refractivity contribution in [2.75, 3.05) is 0 Å². The molecule has 2 N–H and O–H groups in total. The van der Waals surface area contributed by atoms with Gasteiger partial charge in [0, 0.05) is 18.0 Å². The molecule has 2 aromatic heterocycles. The van der Waals surface area contributed by atoms with Gasteiger partial charge in [-0.15, -0.1) is 0 Å². The molecular weight excluding hydrogens is 466 g/mol. The average Bonchev–Trinajstić information content (AvgIpc) is 3.31. The van der Waals surface area contributed by atoms with E-state index in [1.165, 1.54) is 18.2 Å². The van der Waals surface area contributed by atoms with Gasteiger partial charge in [0.15, 0.2) is 11.6 Å². The number of imidazole rings is 1. The first-order valence-electron chi connectivity index (χ1n) is 10.7. The number of nitrogens with zero attached hydrogens (tertiary/aromatic N) is 2. The van der Waals surface area contributed by atoms with Crippen LogP contribution < -0.4 is 5.30 Å². The molecule has 0 bridgehead atoms. The Morgan fingerprint density at radius 3 is 2.52 bits per heavy atom. The maximum Gasteiger partial charge on any atom is 0.360 e. The van der Waals surface area contributed by atoms with E-state index in [2.05, 4.69) is 4.98 Å². The molecule has 0 aliphatic heterocycles. The smallest absolute Gasteiger partial charge is 0.360 e. The van der Waals surface area contributed by atoms with Crippen LogP contribution in [0.3, 0.4) is 0 Å². The zero-order chi connectivity index (χ0) is 23.8. The molecule has 0 amide bonds. The van der Waals surface area contributed by atoms with Crippen LogP contribution in [0.15, 0.2) is 52.9 Å². The highest BCUT2D eigenvalue weighted by atomic mass is 35.5. The van der Waals surface area contributed by atoms with Gasteiger partial charge in [-0.2, -0.15) is 0 Å². The first-order chi connectivity index (χ1) is 15.6. The lowest BCUT2D eigenvalue weighted by molar-refractivity contribution is 0.387. The van der Waals surface area contributed by atoms with Gasteiger partial charge in [0.1, 0.15) is 16.9 Å². The third kappa shape index (κ3) is 5.39. The minimum Gasteiger partial charge on any atom is -0.457 e. The molecule has 0 unspecified atom stereocenters. The van der Waals surface area contributed by atoms with Crippen LogP contribution in [-0.2, 0) is 24.0 Å². The Bertz CT molecular complexity index is 1320. The fraction of sp³-hybridized carbons (Fsp3) is 0.292. The predicted molar refractivity (Wildman–Crippen MR) is 127 cm³/mol. The number of hydrogen-bond acceptors (Lipinski definition) is 3. The summed E-state index contributed by atoms with van der Waals surface area (Å²) < 4.78 is 33.3. The lowest BCUT2D eigenvalue weighted by atomic mass is 10.1. The van der Waals surface area contributed by atoms with Crippen molar-refractivity contribution in [1.82, 2.24) is 9.55 Å². The Morgan fingerprint density at radius 1 is 1.12 bits per heavy atom. The summed E-state index contributed by atoms with van der Waals surface area (Å²) in [7, 11) is -4.62. The van der Waals surface area contributed by atoms with E-state index in [0.717, 1.165) is 11.1 Å². The molecule has 6 nitrogen and oxygen atoms in total. The van der Waals surface area contributed by atoms with Gasteiger partial charge in [0.25, 0.3) is 0 Å². The Hall–Kier alpha value is -2.44. The van der Waals surface area contributed by atoms with Crippen molar-refractivity contribution >= 4 is 35.5 Å². The summed E-state index contributed by atoms with van der Waals surface area (Å²) >= 11 is 6.20. The molecule has 2 aromatic carbocycles. The van der Waals surface area contributed by atoms with Gasteiger partial charge in [0.05, 0.1) is 11.0 Å². The van der Waals surface area contributed by atoms with E-state index in [4.69, 9.17) is 16.0 Å². The van der Waals surface area contributed by atoms with E-state index < -0.39 is 7.60 Å². The van der Waals surface area contributed by atoms with Crippen molar-refractivity contribution < 1.29 is 23.2 Å². The topological polar surface area (TPSA) is 88.5 Å². The van der Waals surface area contributed by atoms with Gasteiger partial charge in [0.2, 0.25) is 0 Å². The molecule has 0 aliphatic carbocycles. The predicted octanol–water partition coefficient (Wildman–Crippen LogP) is 5.72. The van der Waals surface area contributed by atoms with Crippen molar-refractivity contribution in [2.24, 2.45) is 5.92 Å². The summed E-state index contributed by atoms with van der Waals surface area (Å²) in [6.07, 6.45) is 1.84. The van der Waals surface area contributed by atoms with Gasteiger partial charge in [-0.05, 0) is 60.7 Å². The van der Waals surface area contributed by atoms with Crippen LogP contribution in [0.1, 0.15) is 31.6 Å². The molecule has 0 radical (unpaired) electrons. The number of benzene rings is 2. The molecular formula is C24H25ClFN2O4P. The van der Waals surface area contributed by atoms with Gasteiger partial charge >= 0.3 is 7.60 Å². The summed E-state index contributed by atoms with van der Waals surface area (Å²) in [4.78, 5) is 24.7. The van der Waals surface area contributed by atoms with E-state index in [9.17, 15) is 18.7 Å². The van der Waals surface area contributed by atoms with Crippen LogP contribution in [0.25, 0.3) is 22.6 Å². The molecule has 0 saturated carbocycles. The Morgan fingerprint density at radius 2 is 1.85 bits per heavy atom. The number of halogens is 2. The normalized spacial score (nSPS) is 12.2. The highest BCUT2D eigenvalue weighted by molar-refractivity contribution is 7.60. The number of aromatic nitrogens is 2. The van der Waals surface area contributed by atoms with Crippen LogP contribution in [0.5, 0.6) is 0 Å². The van der Waals surface area contributed by atoms with Gasteiger partial charge in [-0.25, -0.2) is 9.37 Å². The Balaban J connectivity index is 1.71. The van der Waals surface area contributed by atoms with Crippen LogP contribution >= 0.6 is 19.2 Å². The van der Waals surface area contributed by atoms with Crippen LogP contribution in [0.2, 0.25) is 5.02 Å². The fourth-order valence-electron chi connectivity index (χ4n) is 3.87. The summed E-state index contributed by atoms with van der Waals surface area (Å²) in [6.45, 7) is 4.67. The summed E-state index contributed by atoms with van der Waals surface area (Å²) in [5.41, 5.74) is 2.42. The first-order valence-corrected chi connectivity index (χ1v) is 12.7. The number of rotatable bonds is 8. The van der Waals surface area contributed by atoms with E-state index in [0.29, 0.717) is 47.9 Å². The molecule has 9 heteroatoms. The molecule has 0 saturated heterocycles. The van der Waals surface area contributed by atoms with E-state index in [1.54, 1.807) is 30.3 Å². The number of aryl methyl sites for hydroxylation is 2. The Kier molecular flexibility index (Phi) is 6.78. The lowest BCUT2D eigenvalue weighted by Crippen LogP contribution is -2.10. The average molecular weight is 491 g/mol. The maximum atomic E-state index is 13.1. The zero-order valence-electron chi connectivity index (χ0n) is 18.3. The molecule has 0 aliphatic rings. The second-order valence-corrected chi connectivity index (χ2v) is 10.5. The van der Waals surface area contributed by atoms with Gasteiger partial charge in [-0.3, -0.25) is 4.57 Å². The quantitative estimate of drug-likeness (QED) is 0.308. The number of hydrogen-bond donors (Lipinski definition) is 2. The van der Waals surface area contributed by atoms with E-state index in [1.807, 2.05) is 18.4 Å². The van der Waals surface area contributed by atoms with E-state index >= 15 is 0 Å². The van der Waals surface area contributed by atoms with E-state index in [-0.39, 0.29) is 22.8 Å². The van der Waals surface area contributed by atoms with Crippen LogP contribution in [0, 0.1) is 11.7 Å². The van der Waals surface area contributed by atoms with Crippen molar-refractivity contribution in [3.63, 3.8) is 0 Å². The molecule has 33 heavy (non-hydrogen) atoms. The Labute approximate surface area is 196 Å².